The summed E-state index contributed by atoms with van der Waals surface area (Å²) in [6, 6.07) is 7.11. The highest BCUT2D eigenvalue weighted by atomic mass is 16.5. The molecule has 18 heavy (non-hydrogen) atoms. The van der Waals surface area contributed by atoms with Crippen molar-refractivity contribution in [1.29, 1.82) is 0 Å². The van der Waals surface area contributed by atoms with Crippen LogP contribution in [0.5, 0.6) is 0 Å². The number of nitrogens with two attached hydrogens (primary N) is 1. The zero-order chi connectivity index (χ0) is 12.8. The lowest BCUT2D eigenvalue weighted by Crippen LogP contribution is -2.29. The molecular weight excluding hydrogens is 228 g/mol. The molecule has 0 aromatic heterocycles. The minimum absolute atomic E-state index is 0.107. The van der Waals surface area contributed by atoms with Crippen LogP contribution in [0.1, 0.15) is 36.0 Å². The third-order valence-electron chi connectivity index (χ3n) is 3.23. The van der Waals surface area contributed by atoms with Gasteiger partial charge in [-0.15, -0.1) is 0 Å². The van der Waals surface area contributed by atoms with Gasteiger partial charge in [-0.1, -0.05) is 12.1 Å². The SMILES string of the molecule is Nc1ccccc1C(=O)NCCC1CCCCO1. The predicted octanol–water partition coefficient (Wildman–Crippen LogP) is 1.96. The average molecular weight is 248 g/mol. The van der Waals surface area contributed by atoms with Crippen molar-refractivity contribution in [2.75, 3.05) is 18.9 Å². The van der Waals surface area contributed by atoms with Gasteiger partial charge in [-0.05, 0) is 37.8 Å². The maximum atomic E-state index is 11.9. The number of benzene rings is 1. The Morgan fingerprint density at radius 2 is 2.22 bits per heavy atom. The van der Waals surface area contributed by atoms with Gasteiger partial charge in [-0.25, -0.2) is 0 Å². The predicted molar refractivity (Wildman–Crippen MR) is 71.4 cm³/mol. The van der Waals surface area contributed by atoms with Crippen molar-refractivity contribution < 1.29 is 9.53 Å². The van der Waals surface area contributed by atoms with Crippen LogP contribution in [0.2, 0.25) is 0 Å². The number of para-hydroxylation sites is 1. The summed E-state index contributed by atoms with van der Waals surface area (Å²) in [6.45, 7) is 1.49. The van der Waals surface area contributed by atoms with Gasteiger partial charge in [0.05, 0.1) is 11.7 Å². The maximum Gasteiger partial charge on any atom is 0.253 e. The van der Waals surface area contributed by atoms with Crippen LogP contribution in [0.25, 0.3) is 0 Å². The summed E-state index contributed by atoms with van der Waals surface area (Å²) in [6.07, 6.45) is 4.65. The molecule has 0 bridgehead atoms. The number of rotatable bonds is 4. The Balaban J connectivity index is 1.76. The Morgan fingerprint density at radius 1 is 1.39 bits per heavy atom. The number of ether oxygens (including phenoxy) is 1. The topological polar surface area (TPSA) is 64.4 Å². The number of anilines is 1. The summed E-state index contributed by atoms with van der Waals surface area (Å²) in [5.74, 6) is -0.107. The Bertz CT molecular complexity index is 401. The zero-order valence-electron chi connectivity index (χ0n) is 10.5. The van der Waals surface area contributed by atoms with E-state index in [9.17, 15) is 4.79 Å². The van der Waals surface area contributed by atoms with Crippen LogP contribution in [-0.2, 0) is 4.74 Å². The lowest BCUT2D eigenvalue weighted by molar-refractivity contribution is 0.0117. The van der Waals surface area contributed by atoms with E-state index in [4.69, 9.17) is 10.5 Å². The van der Waals surface area contributed by atoms with Gasteiger partial charge < -0.3 is 15.8 Å². The van der Waals surface area contributed by atoms with E-state index in [0.717, 1.165) is 25.9 Å². The van der Waals surface area contributed by atoms with Crippen LogP contribution < -0.4 is 11.1 Å². The fourth-order valence-electron chi connectivity index (χ4n) is 2.18. The first-order chi connectivity index (χ1) is 8.77. The summed E-state index contributed by atoms with van der Waals surface area (Å²) in [7, 11) is 0. The summed E-state index contributed by atoms with van der Waals surface area (Å²) < 4.78 is 5.61. The third kappa shape index (κ3) is 3.47. The van der Waals surface area contributed by atoms with Crippen LogP contribution in [0.3, 0.4) is 0 Å². The van der Waals surface area contributed by atoms with E-state index in [2.05, 4.69) is 5.32 Å². The Morgan fingerprint density at radius 3 is 2.94 bits per heavy atom. The van der Waals surface area contributed by atoms with Gasteiger partial charge in [0.2, 0.25) is 0 Å². The monoisotopic (exact) mass is 248 g/mol. The smallest absolute Gasteiger partial charge is 0.253 e. The minimum Gasteiger partial charge on any atom is -0.398 e. The van der Waals surface area contributed by atoms with Crippen LogP contribution in [-0.4, -0.2) is 25.2 Å². The van der Waals surface area contributed by atoms with E-state index in [1.165, 1.54) is 6.42 Å². The molecule has 0 spiro atoms. The quantitative estimate of drug-likeness (QED) is 0.800. The Labute approximate surface area is 108 Å². The molecular formula is C14H20N2O2. The highest BCUT2D eigenvalue weighted by molar-refractivity contribution is 5.98. The highest BCUT2D eigenvalue weighted by Crippen LogP contribution is 2.15. The number of hydrogen-bond acceptors (Lipinski definition) is 3. The molecule has 1 aliphatic heterocycles. The normalized spacial score (nSPS) is 19.4. The second-order valence-electron chi connectivity index (χ2n) is 4.62. The Hall–Kier alpha value is -1.55. The lowest BCUT2D eigenvalue weighted by Gasteiger charge is -2.22. The van der Waals surface area contributed by atoms with Gasteiger partial charge in [-0.2, -0.15) is 0 Å². The number of nitrogen functional groups attached to an aromatic ring is 1. The first-order valence-corrected chi connectivity index (χ1v) is 6.51. The number of carbonyl (C=O) groups excluding carboxylic acids is 1. The molecule has 4 heteroatoms. The zero-order valence-corrected chi connectivity index (χ0v) is 10.5. The molecule has 0 aliphatic carbocycles. The molecule has 1 amide bonds. The van der Waals surface area contributed by atoms with Crippen molar-refractivity contribution in [1.82, 2.24) is 5.32 Å². The molecule has 1 fully saturated rings. The second-order valence-corrected chi connectivity index (χ2v) is 4.62. The van der Waals surface area contributed by atoms with Crippen LogP contribution in [0, 0.1) is 0 Å². The average Bonchev–Trinajstić information content (AvgIpc) is 2.40. The number of nitrogens with one attached hydrogen (secondary N) is 1. The van der Waals surface area contributed by atoms with E-state index < -0.39 is 0 Å². The van der Waals surface area contributed by atoms with Gasteiger partial charge in [0.1, 0.15) is 0 Å². The van der Waals surface area contributed by atoms with Gasteiger partial charge >= 0.3 is 0 Å². The number of carbonyl (C=O) groups is 1. The van der Waals surface area contributed by atoms with E-state index >= 15 is 0 Å². The first-order valence-electron chi connectivity index (χ1n) is 6.51. The molecule has 2 rings (SSSR count). The molecule has 1 aromatic rings. The van der Waals surface area contributed by atoms with E-state index in [-0.39, 0.29) is 5.91 Å². The highest BCUT2D eigenvalue weighted by Gasteiger charge is 2.14. The number of amides is 1. The van der Waals surface area contributed by atoms with Crippen molar-refractivity contribution in [3.05, 3.63) is 29.8 Å². The molecule has 1 atom stereocenters. The molecule has 0 saturated carbocycles. The fraction of sp³-hybridized carbons (Fsp3) is 0.500. The van der Waals surface area contributed by atoms with Gasteiger partial charge in [0, 0.05) is 18.8 Å². The summed E-state index contributed by atoms with van der Waals surface area (Å²) in [5, 5.41) is 2.89. The molecule has 4 nitrogen and oxygen atoms in total. The largest absolute Gasteiger partial charge is 0.398 e. The summed E-state index contributed by atoms with van der Waals surface area (Å²) in [5.41, 5.74) is 6.81. The van der Waals surface area contributed by atoms with Crippen LogP contribution in [0.15, 0.2) is 24.3 Å². The van der Waals surface area contributed by atoms with E-state index in [0.29, 0.717) is 23.9 Å². The molecule has 1 aromatic carbocycles. The van der Waals surface area contributed by atoms with Gasteiger partial charge in [0.25, 0.3) is 5.91 Å². The fourth-order valence-corrected chi connectivity index (χ4v) is 2.18. The second kappa shape index (κ2) is 6.40. The van der Waals surface area contributed by atoms with Gasteiger partial charge in [0.15, 0.2) is 0 Å². The van der Waals surface area contributed by atoms with Crippen LogP contribution in [0.4, 0.5) is 5.69 Å². The summed E-state index contributed by atoms with van der Waals surface area (Å²) >= 11 is 0. The molecule has 1 unspecified atom stereocenters. The molecule has 98 valence electrons. The molecule has 1 saturated heterocycles. The summed E-state index contributed by atoms with van der Waals surface area (Å²) in [4.78, 5) is 11.9. The molecule has 3 N–H and O–H groups in total. The maximum absolute atomic E-state index is 11.9. The van der Waals surface area contributed by atoms with E-state index in [1.54, 1.807) is 12.1 Å². The van der Waals surface area contributed by atoms with Gasteiger partial charge in [-0.3, -0.25) is 4.79 Å². The molecule has 1 aliphatic rings. The molecule has 1 heterocycles. The van der Waals surface area contributed by atoms with Crippen LogP contribution >= 0.6 is 0 Å². The molecule has 0 radical (unpaired) electrons. The van der Waals surface area contributed by atoms with E-state index in [1.807, 2.05) is 12.1 Å². The van der Waals surface area contributed by atoms with Crippen molar-refractivity contribution in [2.45, 2.75) is 31.8 Å². The standard InChI is InChI=1S/C14H20N2O2/c15-13-7-2-1-6-12(13)14(17)16-9-8-11-5-3-4-10-18-11/h1-2,6-7,11H,3-5,8-10,15H2,(H,16,17). The lowest BCUT2D eigenvalue weighted by atomic mass is 10.1. The minimum atomic E-state index is -0.107. The van der Waals surface area contributed by atoms with Crippen molar-refractivity contribution in [2.24, 2.45) is 0 Å². The Kier molecular flexibility index (Phi) is 4.59. The number of hydrogen-bond donors (Lipinski definition) is 2. The van der Waals surface area contributed by atoms with Crippen molar-refractivity contribution in [3.8, 4) is 0 Å². The van der Waals surface area contributed by atoms with Crippen molar-refractivity contribution >= 4 is 11.6 Å². The first kappa shape index (κ1) is 12.9. The third-order valence-corrected chi connectivity index (χ3v) is 3.23. The van der Waals surface area contributed by atoms with Crippen molar-refractivity contribution in [3.63, 3.8) is 0 Å².